The Bertz CT molecular complexity index is 2920. The topological polar surface area (TPSA) is 29.3 Å². The Labute approximate surface area is 314 Å². The molecule has 0 spiro atoms. The van der Waals surface area contributed by atoms with Crippen molar-refractivity contribution in [3.63, 3.8) is 0 Å². The minimum Gasteiger partial charge on any atom is -0.436 e. The van der Waals surface area contributed by atoms with Gasteiger partial charge in [-0.15, -0.1) is 0 Å². The first-order valence-corrected chi connectivity index (χ1v) is 18.3. The summed E-state index contributed by atoms with van der Waals surface area (Å²) in [6.45, 7) is 0. The molecule has 0 bridgehead atoms. The lowest BCUT2D eigenvalue weighted by atomic mass is 9.94. The predicted molar refractivity (Wildman–Crippen MR) is 225 cm³/mol. The molecule has 1 heterocycles. The minimum absolute atomic E-state index is 0.607. The Kier molecular flexibility index (Phi) is 7.81. The summed E-state index contributed by atoms with van der Waals surface area (Å²) in [6, 6.07) is 72.9. The van der Waals surface area contributed by atoms with Crippen molar-refractivity contribution in [2.24, 2.45) is 0 Å². The average molecular weight is 691 g/mol. The lowest BCUT2D eigenvalue weighted by molar-refractivity contribution is 0.620. The largest absolute Gasteiger partial charge is 0.436 e. The Morgan fingerprint density at radius 1 is 0.370 bits per heavy atom. The Balaban J connectivity index is 1.18. The molecule has 3 nitrogen and oxygen atoms in total. The van der Waals surface area contributed by atoms with E-state index in [4.69, 9.17) is 9.40 Å². The first-order chi connectivity index (χ1) is 26.8. The molecule has 0 saturated carbocycles. The van der Waals surface area contributed by atoms with E-state index in [1.54, 1.807) is 0 Å². The van der Waals surface area contributed by atoms with Gasteiger partial charge in [0.25, 0.3) is 0 Å². The van der Waals surface area contributed by atoms with Crippen LogP contribution in [-0.2, 0) is 0 Å². The molecule has 0 saturated heterocycles. The van der Waals surface area contributed by atoms with Crippen LogP contribution >= 0.6 is 0 Å². The molecule has 0 unspecified atom stereocenters. The first-order valence-electron chi connectivity index (χ1n) is 18.3. The first kappa shape index (κ1) is 31.5. The minimum atomic E-state index is 0.607. The summed E-state index contributed by atoms with van der Waals surface area (Å²) < 4.78 is 6.44. The maximum absolute atomic E-state index is 6.44. The van der Waals surface area contributed by atoms with Crippen molar-refractivity contribution in [3.05, 3.63) is 206 Å². The second-order valence-corrected chi connectivity index (χ2v) is 13.5. The molecule has 0 N–H and O–H groups in total. The van der Waals surface area contributed by atoms with E-state index in [1.807, 2.05) is 6.07 Å². The van der Waals surface area contributed by atoms with Crippen LogP contribution < -0.4 is 4.90 Å². The zero-order chi connectivity index (χ0) is 35.8. The predicted octanol–water partition coefficient (Wildman–Crippen LogP) is 14.3. The molecule has 0 amide bonds. The van der Waals surface area contributed by atoms with Gasteiger partial charge in [0.05, 0.1) is 11.4 Å². The molecule has 9 aromatic carbocycles. The quantitative estimate of drug-likeness (QED) is 0.167. The van der Waals surface area contributed by atoms with E-state index in [-0.39, 0.29) is 0 Å². The smallest absolute Gasteiger partial charge is 0.227 e. The van der Waals surface area contributed by atoms with Crippen LogP contribution in [-0.4, -0.2) is 4.98 Å². The van der Waals surface area contributed by atoms with E-state index in [0.717, 1.165) is 61.2 Å². The van der Waals surface area contributed by atoms with Crippen LogP contribution in [0.1, 0.15) is 0 Å². The van der Waals surface area contributed by atoms with Gasteiger partial charge in [-0.1, -0.05) is 158 Å². The third-order valence-corrected chi connectivity index (χ3v) is 10.3. The molecule has 54 heavy (non-hydrogen) atoms. The van der Waals surface area contributed by atoms with Crippen LogP contribution in [0.4, 0.5) is 17.1 Å². The lowest BCUT2D eigenvalue weighted by Gasteiger charge is -2.30. The number of anilines is 3. The van der Waals surface area contributed by atoms with Crippen LogP contribution in [0.3, 0.4) is 0 Å². The number of fused-ring (bicyclic) bond motifs is 4. The number of benzene rings is 9. The van der Waals surface area contributed by atoms with Gasteiger partial charge in [-0.3, -0.25) is 0 Å². The molecule has 0 aliphatic rings. The zero-order valence-electron chi connectivity index (χ0n) is 29.4. The Morgan fingerprint density at radius 3 is 1.72 bits per heavy atom. The van der Waals surface area contributed by atoms with Crippen molar-refractivity contribution in [2.75, 3.05) is 4.90 Å². The number of nitrogens with zero attached hydrogens (tertiary/aromatic N) is 2. The molecule has 254 valence electrons. The molecule has 3 heteroatoms. The highest BCUT2D eigenvalue weighted by Crippen LogP contribution is 2.47. The summed E-state index contributed by atoms with van der Waals surface area (Å²) in [4.78, 5) is 7.55. The number of hydrogen-bond acceptors (Lipinski definition) is 3. The van der Waals surface area contributed by atoms with Gasteiger partial charge in [0.15, 0.2) is 5.58 Å². The fraction of sp³-hybridized carbons (Fsp3) is 0. The van der Waals surface area contributed by atoms with Gasteiger partial charge in [-0.2, -0.15) is 0 Å². The molecule has 10 aromatic rings. The molecule has 1 aromatic heterocycles. The Morgan fingerprint density at radius 2 is 0.963 bits per heavy atom. The number of oxazole rings is 1. The van der Waals surface area contributed by atoms with Gasteiger partial charge in [-0.05, 0) is 87.1 Å². The number of hydrogen-bond donors (Lipinski definition) is 0. The molecular weight excluding hydrogens is 657 g/mol. The van der Waals surface area contributed by atoms with E-state index in [9.17, 15) is 0 Å². The highest BCUT2D eigenvalue weighted by molar-refractivity contribution is 6.12. The van der Waals surface area contributed by atoms with Gasteiger partial charge in [0.2, 0.25) is 5.89 Å². The second-order valence-electron chi connectivity index (χ2n) is 13.5. The standard InChI is InChI=1S/C51H34N2O/c1-4-14-35(15-5-1)37-26-28-40(29-27-37)51-52-50-45-24-13-25-46(44(45)31-33-48(50)54-51)53(42-22-12-21-41(34-42)36-16-6-2-7-17-36)47-32-30-38-18-10-11-23-43(38)49(47)39-19-8-3-9-20-39/h1-34H. The van der Waals surface area contributed by atoms with Crippen molar-refractivity contribution in [1.29, 1.82) is 0 Å². The fourth-order valence-electron chi connectivity index (χ4n) is 7.70. The highest BCUT2D eigenvalue weighted by atomic mass is 16.3. The van der Waals surface area contributed by atoms with E-state index in [0.29, 0.717) is 5.89 Å². The van der Waals surface area contributed by atoms with Crippen molar-refractivity contribution < 1.29 is 4.42 Å². The summed E-state index contributed by atoms with van der Waals surface area (Å²) in [5, 5.41) is 4.52. The third kappa shape index (κ3) is 5.60. The Hall–Kier alpha value is -7.23. The van der Waals surface area contributed by atoms with Gasteiger partial charge < -0.3 is 9.32 Å². The summed E-state index contributed by atoms with van der Waals surface area (Å²) in [5.74, 6) is 0.607. The summed E-state index contributed by atoms with van der Waals surface area (Å²) >= 11 is 0. The van der Waals surface area contributed by atoms with E-state index >= 15 is 0 Å². The van der Waals surface area contributed by atoms with Crippen molar-refractivity contribution >= 4 is 49.7 Å². The van der Waals surface area contributed by atoms with Gasteiger partial charge in [0.1, 0.15) is 5.52 Å². The SMILES string of the molecule is c1ccc(-c2ccc(-c3nc4c(ccc5c(N(c6cccc(-c7ccccc7)c6)c6ccc7ccccc7c6-c6ccccc6)cccc54)o3)cc2)cc1. The fourth-order valence-corrected chi connectivity index (χ4v) is 7.70. The van der Waals surface area contributed by atoms with Gasteiger partial charge in [0, 0.05) is 27.6 Å². The van der Waals surface area contributed by atoms with Crippen molar-refractivity contribution in [3.8, 4) is 44.8 Å². The average Bonchev–Trinajstić information content (AvgIpc) is 3.70. The zero-order valence-corrected chi connectivity index (χ0v) is 29.4. The molecule has 10 rings (SSSR count). The third-order valence-electron chi connectivity index (χ3n) is 10.3. The highest BCUT2D eigenvalue weighted by Gasteiger charge is 2.23. The molecule has 0 aliphatic heterocycles. The van der Waals surface area contributed by atoms with Crippen LogP contribution in [0.5, 0.6) is 0 Å². The van der Waals surface area contributed by atoms with E-state index < -0.39 is 0 Å². The normalized spacial score (nSPS) is 11.3. The number of rotatable bonds is 7. The van der Waals surface area contributed by atoms with Crippen LogP contribution in [0.15, 0.2) is 211 Å². The summed E-state index contributed by atoms with van der Waals surface area (Å²) in [7, 11) is 0. The van der Waals surface area contributed by atoms with Gasteiger partial charge in [-0.25, -0.2) is 4.98 Å². The van der Waals surface area contributed by atoms with E-state index in [2.05, 4.69) is 205 Å². The van der Waals surface area contributed by atoms with E-state index in [1.165, 1.54) is 27.5 Å². The maximum atomic E-state index is 6.44. The lowest BCUT2D eigenvalue weighted by Crippen LogP contribution is -2.12. The summed E-state index contributed by atoms with van der Waals surface area (Å²) in [5.41, 5.74) is 12.8. The molecular formula is C51H34N2O. The summed E-state index contributed by atoms with van der Waals surface area (Å²) in [6.07, 6.45) is 0. The molecule has 0 radical (unpaired) electrons. The van der Waals surface area contributed by atoms with Crippen LogP contribution in [0.25, 0.3) is 77.5 Å². The molecule has 0 aliphatic carbocycles. The second kappa shape index (κ2) is 13.4. The maximum Gasteiger partial charge on any atom is 0.227 e. The van der Waals surface area contributed by atoms with Crippen LogP contribution in [0.2, 0.25) is 0 Å². The van der Waals surface area contributed by atoms with Crippen molar-refractivity contribution in [1.82, 2.24) is 4.98 Å². The monoisotopic (exact) mass is 690 g/mol. The van der Waals surface area contributed by atoms with Crippen LogP contribution in [0, 0.1) is 0 Å². The number of aromatic nitrogens is 1. The molecule has 0 atom stereocenters. The van der Waals surface area contributed by atoms with Gasteiger partial charge >= 0.3 is 0 Å². The van der Waals surface area contributed by atoms with Crippen molar-refractivity contribution in [2.45, 2.75) is 0 Å². The molecule has 0 fully saturated rings.